The first-order valence-corrected chi connectivity index (χ1v) is 6.81. The number of hydrogen-bond donors (Lipinski definition) is 2. The summed E-state index contributed by atoms with van der Waals surface area (Å²) in [6.45, 7) is -0.531. The van der Waals surface area contributed by atoms with Crippen LogP contribution in [0.25, 0.3) is 0 Å². The van der Waals surface area contributed by atoms with Crippen LogP contribution in [0.4, 0.5) is 5.69 Å². The lowest BCUT2D eigenvalue weighted by molar-refractivity contribution is -0.384. The van der Waals surface area contributed by atoms with Crippen LogP contribution in [0.3, 0.4) is 0 Å². The van der Waals surface area contributed by atoms with Crippen LogP contribution in [0.1, 0.15) is 6.42 Å². The van der Waals surface area contributed by atoms with E-state index in [4.69, 9.17) is 9.29 Å². The van der Waals surface area contributed by atoms with Gasteiger partial charge in [-0.05, 0) is 12.1 Å². The maximum atomic E-state index is 10.4. The maximum Gasteiger partial charge on any atom is 0.397 e. The molecular weight excluding hydrogens is 294 g/mol. The molecule has 0 saturated heterocycles. The van der Waals surface area contributed by atoms with E-state index in [1.165, 1.54) is 24.3 Å². The van der Waals surface area contributed by atoms with Crippen molar-refractivity contribution in [3.05, 3.63) is 34.4 Å². The molecule has 10 heteroatoms. The first-order chi connectivity index (χ1) is 9.28. The summed E-state index contributed by atoms with van der Waals surface area (Å²) in [5.41, 5.74) is -0.0704. The molecule has 0 aliphatic rings. The van der Waals surface area contributed by atoms with Crippen LogP contribution in [-0.4, -0.2) is 42.3 Å². The van der Waals surface area contributed by atoms with Crippen LogP contribution in [0.5, 0.6) is 5.75 Å². The second-order valence-electron chi connectivity index (χ2n) is 3.75. The molecular formula is C10H13NO8S. The van der Waals surface area contributed by atoms with Gasteiger partial charge in [0.25, 0.3) is 5.69 Å². The fourth-order valence-electron chi connectivity index (χ4n) is 1.22. The summed E-state index contributed by atoms with van der Waals surface area (Å²) in [7, 11) is -4.57. The van der Waals surface area contributed by atoms with Crippen LogP contribution in [0.15, 0.2) is 24.3 Å². The van der Waals surface area contributed by atoms with Crippen molar-refractivity contribution < 1.29 is 31.9 Å². The van der Waals surface area contributed by atoms with Crippen molar-refractivity contribution in [1.82, 2.24) is 0 Å². The highest BCUT2D eigenvalue weighted by Gasteiger charge is 2.11. The average Bonchev–Trinajstić information content (AvgIpc) is 2.36. The van der Waals surface area contributed by atoms with E-state index < -0.39 is 28.0 Å². The van der Waals surface area contributed by atoms with E-state index in [2.05, 4.69) is 4.18 Å². The molecule has 0 radical (unpaired) electrons. The van der Waals surface area contributed by atoms with E-state index in [9.17, 15) is 23.6 Å². The van der Waals surface area contributed by atoms with E-state index in [1.807, 2.05) is 0 Å². The van der Waals surface area contributed by atoms with Crippen molar-refractivity contribution in [2.24, 2.45) is 0 Å². The van der Waals surface area contributed by atoms with Gasteiger partial charge < -0.3 is 9.84 Å². The predicted molar refractivity (Wildman–Crippen MR) is 66.7 cm³/mol. The Bertz CT molecular complexity index is 541. The summed E-state index contributed by atoms with van der Waals surface area (Å²) in [6, 6.07) is 5.35. The largest absolute Gasteiger partial charge is 0.493 e. The number of ether oxygens (including phenoxy) is 1. The van der Waals surface area contributed by atoms with Gasteiger partial charge in [-0.3, -0.25) is 14.7 Å². The van der Waals surface area contributed by atoms with Crippen LogP contribution < -0.4 is 4.74 Å². The van der Waals surface area contributed by atoms with Gasteiger partial charge in [0.1, 0.15) is 5.75 Å². The Kier molecular flexibility index (Phi) is 5.82. The first-order valence-electron chi connectivity index (χ1n) is 5.45. The highest BCUT2D eigenvalue weighted by atomic mass is 32.3. The van der Waals surface area contributed by atoms with Crippen molar-refractivity contribution in [3.63, 3.8) is 0 Å². The molecule has 112 valence electrons. The van der Waals surface area contributed by atoms with E-state index in [-0.39, 0.29) is 18.7 Å². The van der Waals surface area contributed by atoms with Gasteiger partial charge in [0.15, 0.2) is 0 Å². The lowest BCUT2D eigenvalue weighted by Crippen LogP contribution is -2.20. The van der Waals surface area contributed by atoms with Gasteiger partial charge in [-0.1, -0.05) is 0 Å². The van der Waals surface area contributed by atoms with E-state index in [0.29, 0.717) is 5.75 Å². The molecule has 2 N–H and O–H groups in total. The highest BCUT2D eigenvalue weighted by Crippen LogP contribution is 2.17. The zero-order valence-corrected chi connectivity index (χ0v) is 11.0. The molecule has 0 aliphatic carbocycles. The van der Waals surface area contributed by atoms with E-state index in [1.54, 1.807) is 0 Å². The van der Waals surface area contributed by atoms with Gasteiger partial charge in [-0.25, -0.2) is 4.18 Å². The fraction of sp³-hybridized carbons (Fsp3) is 0.400. The van der Waals surface area contributed by atoms with E-state index >= 15 is 0 Å². The molecule has 1 rings (SSSR count). The van der Waals surface area contributed by atoms with Gasteiger partial charge in [0, 0.05) is 18.6 Å². The Hall–Kier alpha value is -1.75. The van der Waals surface area contributed by atoms with Crippen molar-refractivity contribution in [2.75, 3.05) is 13.2 Å². The number of nitrogens with zero attached hydrogens (tertiary/aromatic N) is 1. The molecule has 9 nitrogen and oxygen atoms in total. The topological polar surface area (TPSA) is 136 Å². The maximum absolute atomic E-state index is 10.4. The molecule has 0 aromatic heterocycles. The molecule has 0 aliphatic heterocycles. The molecule has 0 bridgehead atoms. The molecule has 0 spiro atoms. The van der Waals surface area contributed by atoms with Crippen molar-refractivity contribution in [2.45, 2.75) is 12.5 Å². The second-order valence-corrected chi connectivity index (χ2v) is 4.85. The number of aliphatic hydroxyl groups is 1. The highest BCUT2D eigenvalue weighted by molar-refractivity contribution is 7.80. The minimum atomic E-state index is -4.57. The third-order valence-electron chi connectivity index (χ3n) is 2.18. The number of nitro benzene ring substituents is 1. The number of hydrogen-bond acceptors (Lipinski definition) is 7. The number of rotatable bonds is 8. The fourth-order valence-corrected chi connectivity index (χ4v) is 1.55. The lowest BCUT2D eigenvalue weighted by atomic mass is 10.3. The van der Waals surface area contributed by atoms with Crippen LogP contribution in [0.2, 0.25) is 0 Å². The molecule has 1 atom stereocenters. The number of non-ortho nitro benzene ring substituents is 1. The summed E-state index contributed by atoms with van der Waals surface area (Å²) >= 11 is 0. The van der Waals surface area contributed by atoms with Crippen molar-refractivity contribution >= 4 is 16.1 Å². The number of nitro groups is 1. The van der Waals surface area contributed by atoms with Gasteiger partial charge in [0.05, 0.1) is 24.2 Å². The van der Waals surface area contributed by atoms with Crippen LogP contribution in [0, 0.1) is 10.1 Å². The van der Waals surface area contributed by atoms with Crippen LogP contribution in [-0.2, 0) is 14.6 Å². The molecule has 1 aromatic rings. The zero-order chi connectivity index (χ0) is 15.2. The van der Waals surface area contributed by atoms with Gasteiger partial charge in [0.2, 0.25) is 0 Å². The summed E-state index contributed by atoms with van der Waals surface area (Å²) in [6.07, 6.45) is -1.07. The summed E-state index contributed by atoms with van der Waals surface area (Å²) < 4.78 is 38.0. The Balaban J connectivity index is 2.31. The Labute approximate surface area is 114 Å². The van der Waals surface area contributed by atoms with E-state index in [0.717, 1.165) is 0 Å². The summed E-state index contributed by atoms with van der Waals surface area (Å²) in [4.78, 5) is 9.88. The predicted octanol–water partition coefficient (Wildman–Crippen LogP) is 0.544. The normalized spacial score (nSPS) is 12.9. The molecule has 1 aromatic carbocycles. The van der Waals surface area contributed by atoms with Crippen molar-refractivity contribution in [3.8, 4) is 5.75 Å². The molecule has 0 heterocycles. The quantitative estimate of drug-likeness (QED) is 0.403. The number of aliphatic hydroxyl groups excluding tert-OH is 1. The molecule has 0 amide bonds. The minimum absolute atomic E-state index is 0.0494. The Morgan fingerprint density at radius 2 is 1.90 bits per heavy atom. The van der Waals surface area contributed by atoms with Gasteiger partial charge >= 0.3 is 10.4 Å². The van der Waals surface area contributed by atoms with Gasteiger partial charge in [-0.15, -0.1) is 0 Å². The molecule has 0 fully saturated rings. The van der Waals surface area contributed by atoms with Crippen molar-refractivity contribution in [1.29, 1.82) is 0 Å². The Morgan fingerprint density at radius 1 is 1.30 bits per heavy atom. The third kappa shape index (κ3) is 6.43. The molecule has 0 saturated carbocycles. The zero-order valence-electron chi connectivity index (χ0n) is 10.2. The Morgan fingerprint density at radius 3 is 2.40 bits per heavy atom. The third-order valence-corrected chi connectivity index (χ3v) is 2.61. The SMILES string of the molecule is O=[N+]([O-])c1ccc(OCCC(O)COS(=O)(=O)O)cc1. The lowest BCUT2D eigenvalue weighted by Gasteiger charge is -2.10. The van der Waals surface area contributed by atoms with Crippen LogP contribution >= 0.6 is 0 Å². The standard InChI is InChI=1S/C10H13NO8S/c12-9(7-19-20(15,16)17)5-6-18-10-3-1-8(2-4-10)11(13)14/h1-4,9,12H,5-7H2,(H,15,16,17). The van der Waals surface area contributed by atoms with Gasteiger partial charge in [-0.2, -0.15) is 8.42 Å². The smallest absolute Gasteiger partial charge is 0.397 e. The summed E-state index contributed by atoms with van der Waals surface area (Å²) in [5.74, 6) is 0.374. The average molecular weight is 307 g/mol. The summed E-state index contributed by atoms with van der Waals surface area (Å²) in [5, 5.41) is 19.8. The monoisotopic (exact) mass is 307 g/mol. The molecule has 20 heavy (non-hydrogen) atoms. The number of benzene rings is 1. The minimum Gasteiger partial charge on any atom is -0.493 e. The second kappa shape index (κ2) is 7.14. The molecule has 1 unspecified atom stereocenters. The first kappa shape index (κ1) is 16.3.